The first-order valence-corrected chi connectivity index (χ1v) is 7.86. The lowest BCUT2D eigenvalue weighted by Crippen LogP contribution is -2.40. The monoisotopic (exact) mass is 262 g/mol. The lowest BCUT2D eigenvalue weighted by Gasteiger charge is -2.28. The minimum Gasteiger partial charge on any atom is -0.468 e. The predicted octanol–water partition coefficient (Wildman–Crippen LogP) is 3.02. The quantitative estimate of drug-likeness (QED) is 0.819. The Kier molecular flexibility index (Phi) is 4.24. The van der Waals surface area contributed by atoms with Crippen LogP contribution in [0.2, 0.25) is 0 Å². The Morgan fingerprint density at radius 2 is 2.21 bits per heavy atom. The highest BCUT2D eigenvalue weighted by atomic mass is 16.3. The van der Waals surface area contributed by atoms with Crippen molar-refractivity contribution in [3.05, 3.63) is 24.2 Å². The fourth-order valence-electron chi connectivity index (χ4n) is 3.47. The van der Waals surface area contributed by atoms with Crippen LogP contribution in [-0.4, -0.2) is 30.1 Å². The van der Waals surface area contributed by atoms with Gasteiger partial charge < -0.3 is 9.73 Å². The molecule has 1 heterocycles. The lowest BCUT2D eigenvalue weighted by atomic mass is 10.0. The minimum atomic E-state index is 0.739. The van der Waals surface area contributed by atoms with Crippen LogP contribution in [0.1, 0.15) is 44.8 Å². The Hall–Kier alpha value is -0.800. The van der Waals surface area contributed by atoms with Gasteiger partial charge in [-0.05, 0) is 50.3 Å². The van der Waals surface area contributed by atoms with E-state index in [0.29, 0.717) is 0 Å². The van der Waals surface area contributed by atoms with E-state index < -0.39 is 0 Å². The van der Waals surface area contributed by atoms with Crippen LogP contribution in [0.4, 0.5) is 0 Å². The average Bonchev–Trinajstić information content (AvgIpc) is 2.96. The standard InChI is InChI=1S/C16H26N2O/c1-2-17-16-7-3-5-13(16)11-18(14-8-9-14)12-15-6-4-10-19-15/h4,6,10,13-14,16-17H,2-3,5,7-9,11-12H2,1H3. The molecule has 2 aliphatic rings. The topological polar surface area (TPSA) is 28.4 Å². The van der Waals surface area contributed by atoms with Crippen molar-refractivity contribution in [3.8, 4) is 0 Å². The van der Waals surface area contributed by atoms with Gasteiger partial charge in [0.2, 0.25) is 0 Å². The molecule has 2 saturated carbocycles. The predicted molar refractivity (Wildman–Crippen MR) is 76.9 cm³/mol. The summed E-state index contributed by atoms with van der Waals surface area (Å²) in [7, 11) is 0. The third kappa shape index (κ3) is 3.40. The summed E-state index contributed by atoms with van der Waals surface area (Å²) < 4.78 is 5.52. The summed E-state index contributed by atoms with van der Waals surface area (Å²) in [6.07, 6.45) is 8.68. The van der Waals surface area contributed by atoms with Crippen molar-refractivity contribution in [3.63, 3.8) is 0 Å². The zero-order valence-electron chi connectivity index (χ0n) is 12.0. The van der Waals surface area contributed by atoms with Gasteiger partial charge in [-0.2, -0.15) is 0 Å². The molecule has 2 fully saturated rings. The number of furan rings is 1. The Bertz CT molecular complexity index is 372. The van der Waals surface area contributed by atoms with Crippen LogP contribution in [0.25, 0.3) is 0 Å². The van der Waals surface area contributed by atoms with Gasteiger partial charge in [-0.3, -0.25) is 4.90 Å². The molecule has 2 atom stereocenters. The highest BCUT2D eigenvalue weighted by Crippen LogP contribution is 2.33. The second-order valence-corrected chi connectivity index (χ2v) is 6.10. The fourth-order valence-corrected chi connectivity index (χ4v) is 3.47. The van der Waals surface area contributed by atoms with Gasteiger partial charge >= 0.3 is 0 Å². The van der Waals surface area contributed by atoms with Crippen LogP contribution in [0, 0.1) is 5.92 Å². The molecule has 0 bridgehead atoms. The molecule has 3 nitrogen and oxygen atoms in total. The highest BCUT2D eigenvalue weighted by molar-refractivity contribution is 5.00. The van der Waals surface area contributed by atoms with Gasteiger partial charge in [0, 0.05) is 18.6 Å². The van der Waals surface area contributed by atoms with Gasteiger partial charge in [0.1, 0.15) is 5.76 Å². The lowest BCUT2D eigenvalue weighted by molar-refractivity contribution is 0.185. The zero-order valence-corrected chi connectivity index (χ0v) is 12.0. The van der Waals surface area contributed by atoms with E-state index in [1.807, 2.05) is 6.07 Å². The third-order valence-corrected chi connectivity index (χ3v) is 4.60. The van der Waals surface area contributed by atoms with Crippen LogP contribution in [0.15, 0.2) is 22.8 Å². The summed E-state index contributed by atoms with van der Waals surface area (Å²) in [6.45, 7) is 5.55. The second kappa shape index (κ2) is 6.10. The van der Waals surface area contributed by atoms with Crippen LogP contribution in [0.3, 0.4) is 0 Å². The summed E-state index contributed by atoms with van der Waals surface area (Å²) in [5.41, 5.74) is 0. The van der Waals surface area contributed by atoms with Crippen molar-refractivity contribution in [2.24, 2.45) is 5.92 Å². The molecule has 1 aromatic heterocycles. The van der Waals surface area contributed by atoms with E-state index in [-0.39, 0.29) is 0 Å². The Morgan fingerprint density at radius 1 is 1.32 bits per heavy atom. The molecular weight excluding hydrogens is 236 g/mol. The molecule has 0 spiro atoms. The van der Waals surface area contributed by atoms with Crippen molar-refractivity contribution >= 4 is 0 Å². The third-order valence-electron chi connectivity index (χ3n) is 4.60. The molecule has 2 unspecified atom stereocenters. The molecular formula is C16H26N2O. The summed E-state index contributed by atoms with van der Waals surface area (Å²) in [4.78, 5) is 2.65. The first kappa shape index (κ1) is 13.2. The van der Waals surface area contributed by atoms with Crippen LogP contribution in [0.5, 0.6) is 0 Å². The second-order valence-electron chi connectivity index (χ2n) is 6.10. The smallest absolute Gasteiger partial charge is 0.117 e. The molecule has 19 heavy (non-hydrogen) atoms. The molecule has 2 aliphatic carbocycles. The molecule has 3 heteroatoms. The number of rotatable bonds is 7. The first-order chi connectivity index (χ1) is 9.36. The maximum atomic E-state index is 5.52. The molecule has 0 amide bonds. The Morgan fingerprint density at radius 3 is 2.89 bits per heavy atom. The molecule has 0 aromatic carbocycles. The molecule has 0 radical (unpaired) electrons. The van der Waals surface area contributed by atoms with Crippen LogP contribution in [-0.2, 0) is 6.54 Å². The molecule has 0 saturated heterocycles. The SMILES string of the molecule is CCNC1CCCC1CN(Cc1ccco1)C1CC1. The first-order valence-electron chi connectivity index (χ1n) is 7.86. The number of nitrogens with one attached hydrogen (secondary N) is 1. The largest absolute Gasteiger partial charge is 0.468 e. The summed E-state index contributed by atoms with van der Waals surface area (Å²) in [5, 5.41) is 3.67. The summed E-state index contributed by atoms with van der Waals surface area (Å²) in [6, 6.07) is 5.65. The number of nitrogens with zero attached hydrogens (tertiary/aromatic N) is 1. The molecule has 0 aliphatic heterocycles. The van der Waals surface area contributed by atoms with E-state index in [1.165, 1.54) is 38.6 Å². The number of hydrogen-bond acceptors (Lipinski definition) is 3. The molecule has 1 N–H and O–H groups in total. The zero-order chi connectivity index (χ0) is 13.1. The molecule has 106 valence electrons. The molecule has 1 aromatic rings. The Balaban J connectivity index is 1.58. The van der Waals surface area contributed by atoms with Crippen molar-refractivity contribution in [1.82, 2.24) is 10.2 Å². The van der Waals surface area contributed by atoms with E-state index in [0.717, 1.165) is 36.9 Å². The van der Waals surface area contributed by atoms with Crippen molar-refractivity contribution in [2.75, 3.05) is 13.1 Å². The minimum absolute atomic E-state index is 0.739. The summed E-state index contributed by atoms with van der Waals surface area (Å²) >= 11 is 0. The van der Waals surface area contributed by atoms with Crippen molar-refractivity contribution < 1.29 is 4.42 Å². The van der Waals surface area contributed by atoms with E-state index >= 15 is 0 Å². The van der Waals surface area contributed by atoms with Gasteiger partial charge in [0.25, 0.3) is 0 Å². The maximum absolute atomic E-state index is 5.52. The van der Waals surface area contributed by atoms with Crippen molar-refractivity contribution in [2.45, 2.75) is 57.7 Å². The van der Waals surface area contributed by atoms with Crippen LogP contribution < -0.4 is 5.32 Å². The maximum Gasteiger partial charge on any atom is 0.117 e. The fraction of sp³-hybridized carbons (Fsp3) is 0.750. The Labute approximate surface area is 116 Å². The normalized spacial score (nSPS) is 27.3. The number of hydrogen-bond donors (Lipinski definition) is 1. The van der Waals surface area contributed by atoms with Gasteiger partial charge in [-0.15, -0.1) is 0 Å². The average molecular weight is 262 g/mol. The van der Waals surface area contributed by atoms with Gasteiger partial charge in [-0.1, -0.05) is 13.3 Å². The van der Waals surface area contributed by atoms with Gasteiger partial charge in [0.05, 0.1) is 12.8 Å². The summed E-state index contributed by atoms with van der Waals surface area (Å²) in [5.74, 6) is 1.94. The van der Waals surface area contributed by atoms with Gasteiger partial charge in [-0.25, -0.2) is 0 Å². The van der Waals surface area contributed by atoms with E-state index in [1.54, 1.807) is 6.26 Å². The van der Waals surface area contributed by atoms with E-state index in [4.69, 9.17) is 4.42 Å². The van der Waals surface area contributed by atoms with E-state index in [2.05, 4.69) is 23.2 Å². The van der Waals surface area contributed by atoms with E-state index in [9.17, 15) is 0 Å². The van der Waals surface area contributed by atoms with Crippen LogP contribution >= 0.6 is 0 Å². The molecule has 3 rings (SSSR count). The van der Waals surface area contributed by atoms with Crippen molar-refractivity contribution in [1.29, 1.82) is 0 Å². The van der Waals surface area contributed by atoms with Gasteiger partial charge in [0.15, 0.2) is 0 Å². The highest BCUT2D eigenvalue weighted by Gasteiger charge is 2.34.